The van der Waals surface area contributed by atoms with Gasteiger partial charge in [-0.05, 0) is 5.57 Å². The van der Waals surface area contributed by atoms with E-state index < -0.39 is 35.1 Å². The van der Waals surface area contributed by atoms with Crippen molar-refractivity contribution in [2.24, 2.45) is 0 Å². The predicted octanol–water partition coefficient (Wildman–Crippen LogP) is 4.06. The first kappa shape index (κ1) is 10.9. The first-order chi connectivity index (χ1) is 7.54. The Bertz CT molecular complexity index is 477. The summed E-state index contributed by atoms with van der Waals surface area (Å²) in [7, 11) is 0. The van der Waals surface area contributed by atoms with Crippen molar-refractivity contribution in [1.29, 1.82) is 0 Å². The number of alkyl halides is 1. The highest BCUT2D eigenvalue weighted by molar-refractivity contribution is 5.56. The number of halogens is 5. The van der Waals surface area contributed by atoms with Crippen molar-refractivity contribution < 1.29 is 22.0 Å². The minimum atomic E-state index is -2.61. The fourth-order valence-corrected chi connectivity index (χ4v) is 1.50. The number of hydrogen-bond acceptors (Lipinski definition) is 0. The van der Waals surface area contributed by atoms with Crippen LogP contribution < -0.4 is 0 Å². The molecule has 0 saturated heterocycles. The van der Waals surface area contributed by atoms with Crippen molar-refractivity contribution >= 4 is 0 Å². The molecule has 84 valence electrons. The summed E-state index contributed by atoms with van der Waals surface area (Å²) in [5.41, 5.74) is -0.829. The molecule has 0 aromatic carbocycles. The molecule has 0 bridgehead atoms. The van der Waals surface area contributed by atoms with E-state index >= 15 is 0 Å². The van der Waals surface area contributed by atoms with Crippen LogP contribution in [0, 0.1) is 0 Å². The molecule has 16 heavy (non-hydrogen) atoms. The van der Waals surface area contributed by atoms with Gasteiger partial charge in [0.15, 0.2) is 29.5 Å². The zero-order chi connectivity index (χ0) is 11.9. The Morgan fingerprint density at radius 2 is 1.38 bits per heavy atom. The monoisotopic (exact) mass is 232 g/mol. The molecule has 0 spiro atoms. The third kappa shape index (κ3) is 1.43. The first-order valence-corrected chi connectivity index (χ1v) is 4.38. The lowest BCUT2D eigenvalue weighted by atomic mass is 9.97. The van der Waals surface area contributed by atoms with Gasteiger partial charge in [0.2, 0.25) is 0 Å². The third-order valence-electron chi connectivity index (χ3n) is 2.28. The van der Waals surface area contributed by atoms with Gasteiger partial charge >= 0.3 is 0 Å². The van der Waals surface area contributed by atoms with Gasteiger partial charge < -0.3 is 0 Å². The highest BCUT2D eigenvalue weighted by Gasteiger charge is 2.37. The van der Waals surface area contributed by atoms with Crippen molar-refractivity contribution in [2.45, 2.75) is 6.17 Å². The van der Waals surface area contributed by atoms with E-state index in [1.54, 1.807) is 0 Å². The summed E-state index contributed by atoms with van der Waals surface area (Å²) >= 11 is 0. The van der Waals surface area contributed by atoms with Gasteiger partial charge in [-0.3, -0.25) is 0 Å². The highest BCUT2D eigenvalue weighted by Crippen LogP contribution is 2.41. The Hall–Kier alpha value is -1.65. The summed E-state index contributed by atoms with van der Waals surface area (Å²) in [4.78, 5) is 0. The summed E-state index contributed by atoms with van der Waals surface area (Å²) < 4.78 is 65.0. The molecule has 2 aliphatic carbocycles. The van der Waals surface area contributed by atoms with Crippen LogP contribution in [0.3, 0.4) is 0 Å². The highest BCUT2D eigenvalue weighted by atomic mass is 19.2. The molecule has 2 aliphatic rings. The van der Waals surface area contributed by atoms with Gasteiger partial charge in [0, 0.05) is 5.57 Å². The minimum Gasteiger partial charge on any atom is -0.234 e. The average molecular weight is 232 g/mol. The van der Waals surface area contributed by atoms with Gasteiger partial charge in [-0.2, -0.15) is 0 Å². The Labute approximate surface area is 87.8 Å². The maximum absolute atomic E-state index is 13.3. The molecule has 0 fully saturated rings. The van der Waals surface area contributed by atoms with E-state index in [4.69, 9.17) is 0 Å². The maximum Gasteiger partial charge on any atom is 0.197 e. The molecule has 0 radical (unpaired) electrons. The second kappa shape index (κ2) is 3.73. The van der Waals surface area contributed by atoms with Crippen LogP contribution in [0.5, 0.6) is 0 Å². The molecular formula is C11H5F5. The molecule has 0 amide bonds. The standard InChI is InChI=1S/C11H5F5/c12-7-6(5-3-1-2-4-5)8(13)10(15)11(16)9(7)14/h1-4,7H. The molecule has 0 nitrogen and oxygen atoms in total. The van der Waals surface area contributed by atoms with Gasteiger partial charge in [-0.25, -0.2) is 22.0 Å². The summed E-state index contributed by atoms with van der Waals surface area (Å²) in [6.07, 6.45) is 2.86. The molecule has 0 aromatic rings. The van der Waals surface area contributed by atoms with E-state index in [1.165, 1.54) is 24.3 Å². The number of rotatable bonds is 0. The van der Waals surface area contributed by atoms with Crippen molar-refractivity contribution in [3.05, 3.63) is 58.8 Å². The van der Waals surface area contributed by atoms with Crippen molar-refractivity contribution in [3.8, 4) is 0 Å². The molecule has 0 aromatic heterocycles. The summed E-state index contributed by atoms with van der Waals surface area (Å²) in [5, 5.41) is 0. The number of allylic oxidation sites excluding steroid dienone is 10. The van der Waals surface area contributed by atoms with Crippen LogP contribution in [0.15, 0.2) is 58.8 Å². The van der Waals surface area contributed by atoms with Gasteiger partial charge in [0.05, 0.1) is 0 Å². The molecule has 0 aliphatic heterocycles. The van der Waals surface area contributed by atoms with Crippen LogP contribution in [0.1, 0.15) is 0 Å². The largest absolute Gasteiger partial charge is 0.234 e. The summed E-state index contributed by atoms with van der Waals surface area (Å²) in [5.74, 6) is -7.74. The van der Waals surface area contributed by atoms with Crippen LogP contribution in [-0.4, -0.2) is 6.17 Å². The Balaban J connectivity index is 2.64. The van der Waals surface area contributed by atoms with E-state index in [2.05, 4.69) is 0 Å². The lowest BCUT2D eigenvalue weighted by molar-refractivity contribution is 0.321. The van der Waals surface area contributed by atoms with Crippen LogP contribution in [0.2, 0.25) is 0 Å². The molecule has 1 atom stereocenters. The average Bonchev–Trinajstić information content (AvgIpc) is 2.77. The summed E-state index contributed by atoms with van der Waals surface area (Å²) in [6.45, 7) is 0. The van der Waals surface area contributed by atoms with E-state index in [1.807, 2.05) is 0 Å². The Morgan fingerprint density at radius 3 is 1.94 bits per heavy atom. The Kier molecular flexibility index (Phi) is 2.53. The second-order valence-electron chi connectivity index (χ2n) is 3.24. The molecule has 2 rings (SSSR count). The van der Waals surface area contributed by atoms with E-state index in [0.717, 1.165) is 0 Å². The zero-order valence-electron chi connectivity index (χ0n) is 7.78. The first-order valence-electron chi connectivity index (χ1n) is 4.38. The van der Waals surface area contributed by atoms with Gasteiger partial charge in [0.1, 0.15) is 0 Å². The molecule has 5 heteroatoms. The fraction of sp³-hybridized carbons (Fsp3) is 0.0909. The van der Waals surface area contributed by atoms with E-state index in [-0.39, 0.29) is 5.57 Å². The van der Waals surface area contributed by atoms with Gasteiger partial charge in [0.25, 0.3) is 0 Å². The topological polar surface area (TPSA) is 0 Å². The second-order valence-corrected chi connectivity index (χ2v) is 3.24. The lowest BCUT2D eigenvalue weighted by Crippen LogP contribution is -2.15. The van der Waals surface area contributed by atoms with Gasteiger partial charge in [-0.1, -0.05) is 24.3 Å². The predicted molar refractivity (Wildman–Crippen MR) is 48.7 cm³/mol. The van der Waals surface area contributed by atoms with Crippen LogP contribution in [-0.2, 0) is 0 Å². The molecule has 1 unspecified atom stereocenters. The van der Waals surface area contributed by atoms with Gasteiger partial charge in [-0.15, -0.1) is 0 Å². The smallest absolute Gasteiger partial charge is 0.197 e. The maximum atomic E-state index is 13.3. The molecular weight excluding hydrogens is 227 g/mol. The van der Waals surface area contributed by atoms with Crippen molar-refractivity contribution in [1.82, 2.24) is 0 Å². The Morgan fingerprint density at radius 1 is 0.812 bits per heavy atom. The molecule has 0 heterocycles. The fourth-order valence-electron chi connectivity index (χ4n) is 1.50. The van der Waals surface area contributed by atoms with E-state index in [0.29, 0.717) is 0 Å². The third-order valence-corrected chi connectivity index (χ3v) is 2.28. The van der Waals surface area contributed by atoms with Crippen LogP contribution in [0.25, 0.3) is 0 Å². The SMILES string of the molecule is FC1=C(F)C(=C2C=CC=C2)C(F)C(F)=C1F. The minimum absolute atomic E-state index is 0.0113. The summed E-state index contributed by atoms with van der Waals surface area (Å²) in [6, 6.07) is 0. The van der Waals surface area contributed by atoms with Crippen LogP contribution in [0.4, 0.5) is 22.0 Å². The van der Waals surface area contributed by atoms with Crippen LogP contribution >= 0.6 is 0 Å². The lowest BCUT2D eigenvalue weighted by Gasteiger charge is -2.17. The normalized spacial score (nSPS) is 25.2. The zero-order valence-corrected chi connectivity index (χ0v) is 7.78. The molecule has 0 saturated carbocycles. The quantitative estimate of drug-likeness (QED) is 0.552. The number of hydrogen-bond donors (Lipinski definition) is 0. The van der Waals surface area contributed by atoms with Crippen molar-refractivity contribution in [3.63, 3.8) is 0 Å². The van der Waals surface area contributed by atoms with E-state index in [9.17, 15) is 22.0 Å². The molecule has 0 N–H and O–H groups in total. The van der Waals surface area contributed by atoms with Crippen molar-refractivity contribution in [2.75, 3.05) is 0 Å².